The van der Waals surface area contributed by atoms with Crippen molar-refractivity contribution >= 4 is 32.7 Å². The van der Waals surface area contributed by atoms with Gasteiger partial charge in [0, 0.05) is 18.9 Å². The van der Waals surface area contributed by atoms with E-state index in [0.29, 0.717) is 11.7 Å². The van der Waals surface area contributed by atoms with Crippen LogP contribution in [0, 0.1) is 0 Å². The van der Waals surface area contributed by atoms with Crippen molar-refractivity contribution in [1.82, 2.24) is 20.1 Å². The molecule has 7 heteroatoms. The monoisotopic (exact) mass is 363 g/mol. The van der Waals surface area contributed by atoms with Crippen LogP contribution in [0.5, 0.6) is 0 Å². The van der Waals surface area contributed by atoms with Gasteiger partial charge in [-0.2, -0.15) is 5.10 Å². The number of carbonyl (C=O) groups is 1. The predicted molar refractivity (Wildman–Crippen MR) is 103 cm³/mol. The first-order chi connectivity index (χ1) is 12.8. The summed E-state index contributed by atoms with van der Waals surface area (Å²) in [5.74, 6) is 0. The first kappa shape index (κ1) is 16.3. The number of fused-ring (bicyclic) bond motifs is 1. The Bertz CT molecular complexity index is 975. The van der Waals surface area contributed by atoms with Crippen LogP contribution in [0.3, 0.4) is 0 Å². The summed E-state index contributed by atoms with van der Waals surface area (Å²) in [6.07, 6.45) is 3.70. The molecule has 2 amide bonds. The van der Waals surface area contributed by atoms with Gasteiger partial charge in [0.1, 0.15) is 0 Å². The van der Waals surface area contributed by atoms with Crippen LogP contribution in [0.4, 0.5) is 9.93 Å². The number of nitrogens with zero attached hydrogens (tertiary/aromatic N) is 3. The van der Waals surface area contributed by atoms with Crippen molar-refractivity contribution < 1.29 is 4.79 Å². The molecule has 130 valence electrons. The highest BCUT2D eigenvalue weighted by Crippen LogP contribution is 2.25. The Morgan fingerprint density at radius 3 is 2.62 bits per heavy atom. The number of carbonyl (C=O) groups excluding carboxylic acids is 1. The second-order valence-electron chi connectivity index (χ2n) is 5.81. The number of para-hydroxylation sites is 1. The van der Waals surface area contributed by atoms with Crippen LogP contribution in [-0.4, -0.2) is 20.8 Å². The van der Waals surface area contributed by atoms with E-state index in [-0.39, 0.29) is 6.03 Å². The first-order valence-electron chi connectivity index (χ1n) is 8.22. The number of benzene rings is 2. The van der Waals surface area contributed by atoms with Crippen LogP contribution in [0.2, 0.25) is 0 Å². The molecule has 6 nitrogen and oxygen atoms in total. The minimum atomic E-state index is -0.260. The summed E-state index contributed by atoms with van der Waals surface area (Å²) in [6.45, 7) is 1.19. The van der Waals surface area contributed by atoms with Gasteiger partial charge in [0.25, 0.3) is 0 Å². The minimum Gasteiger partial charge on any atom is -0.334 e. The Morgan fingerprint density at radius 1 is 1.04 bits per heavy atom. The van der Waals surface area contributed by atoms with Crippen molar-refractivity contribution in [2.45, 2.75) is 13.1 Å². The van der Waals surface area contributed by atoms with Crippen LogP contribution in [-0.2, 0) is 13.1 Å². The van der Waals surface area contributed by atoms with Crippen molar-refractivity contribution in [3.63, 3.8) is 0 Å². The summed E-state index contributed by atoms with van der Waals surface area (Å²) in [5, 5.41) is 10.4. The summed E-state index contributed by atoms with van der Waals surface area (Å²) in [4.78, 5) is 16.5. The topological polar surface area (TPSA) is 71.8 Å². The molecule has 2 N–H and O–H groups in total. The molecule has 2 heterocycles. The lowest BCUT2D eigenvalue weighted by Gasteiger charge is -2.07. The van der Waals surface area contributed by atoms with Crippen molar-refractivity contribution in [3.8, 4) is 0 Å². The third-order valence-corrected chi connectivity index (χ3v) is 4.85. The molecule has 0 saturated carbocycles. The Labute approximate surface area is 154 Å². The van der Waals surface area contributed by atoms with E-state index in [0.717, 1.165) is 27.9 Å². The lowest BCUT2D eigenvalue weighted by atomic mass is 10.1. The number of hydrogen-bond acceptors (Lipinski definition) is 4. The number of anilines is 1. The average molecular weight is 363 g/mol. The number of nitrogens with one attached hydrogen (secondary N) is 2. The highest BCUT2D eigenvalue weighted by Gasteiger charge is 2.07. The largest absolute Gasteiger partial charge is 0.334 e. The predicted octanol–water partition coefficient (Wildman–Crippen LogP) is 3.86. The zero-order valence-electron chi connectivity index (χ0n) is 13.9. The lowest BCUT2D eigenvalue weighted by molar-refractivity contribution is 0.251. The zero-order chi connectivity index (χ0) is 17.8. The zero-order valence-corrected chi connectivity index (χ0v) is 14.7. The highest BCUT2D eigenvalue weighted by molar-refractivity contribution is 7.22. The third-order valence-electron chi connectivity index (χ3n) is 3.89. The van der Waals surface area contributed by atoms with Gasteiger partial charge in [-0.3, -0.25) is 10.00 Å². The van der Waals surface area contributed by atoms with Crippen LogP contribution in [0.15, 0.2) is 67.0 Å². The summed E-state index contributed by atoms with van der Waals surface area (Å²) < 4.78 is 2.93. The number of amides is 2. The number of urea groups is 1. The Kier molecular flexibility index (Phi) is 4.61. The molecule has 2 aromatic carbocycles. The van der Waals surface area contributed by atoms with Crippen molar-refractivity contribution in [1.29, 1.82) is 0 Å². The Hall–Kier alpha value is -3.19. The van der Waals surface area contributed by atoms with Gasteiger partial charge in [0.15, 0.2) is 5.13 Å². The Morgan fingerprint density at radius 2 is 1.85 bits per heavy atom. The van der Waals surface area contributed by atoms with Gasteiger partial charge >= 0.3 is 6.03 Å². The van der Waals surface area contributed by atoms with Gasteiger partial charge in [-0.05, 0) is 29.3 Å². The molecule has 0 aliphatic rings. The first-order valence-corrected chi connectivity index (χ1v) is 9.03. The molecule has 0 saturated heterocycles. The minimum absolute atomic E-state index is 0.260. The van der Waals surface area contributed by atoms with Gasteiger partial charge in [-0.15, -0.1) is 0 Å². The number of rotatable bonds is 5. The van der Waals surface area contributed by atoms with E-state index in [4.69, 9.17) is 0 Å². The molecule has 0 bridgehead atoms. The highest BCUT2D eigenvalue weighted by atomic mass is 32.1. The second kappa shape index (κ2) is 7.37. The maximum Gasteiger partial charge on any atom is 0.321 e. The second-order valence-corrected chi connectivity index (χ2v) is 6.85. The average Bonchev–Trinajstić information content (AvgIpc) is 3.30. The fourth-order valence-electron chi connectivity index (χ4n) is 2.59. The Balaban J connectivity index is 1.31. The van der Waals surface area contributed by atoms with Gasteiger partial charge in [0.05, 0.1) is 16.8 Å². The molecule has 0 atom stereocenters. The van der Waals surface area contributed by atoms with Gasteiger partial charge in [-0.25, -0.2) is 9.78 Å². The van der Waals surface area contributed by atoms with E-state index in [1.54, 1.807) is 6.20 Å². The molecule has 0 aliphatic heterocycles. The standard InChI is InChI=1S/C19H17N5OS/c25-18(23-19-22-16-4-1-2-5-17(16)26-19)20-12-14-6-8-15(9-7-14)13-24-11-3-10-21-24/h1-11H,12-13H2,(H2,20,22,23,25). The molecule has 0 aliphatic carbocycles. The number of hydrogen-bond donors (Lipinski definition) is 2. The third kappa shape index (κ3) is 3.89. The molecular formula is C19H17N5OS. The smallest absolute Gasteiger partial charge is 0.321 e. The van der Waals surface area contributed by atoms with E-state index in [1.165, 1.54) is 11.3 Å². The molecule has 26 heavy (non-hydrogen) atoms. The normalized spacial score (nSPS) is 10.8. The van der Waals surface area contributed by atoms with Gasteiger partial charge in [0.2, 0.25) is 0 Å². The van der Waals surface area contributed by atoms with Crippen LogP contribution in [0.25, 0.3) is 10.2 Å². The van der Waals surface area contributed by atoms with Gasteiger partial charge in [-0.1, -0.05) is 47.7 Å². The molecule has 0 spiro atoms. The molecular weight excluding hydrogens is 346 g/mol. The fourth-order valence-corrected chi connectivity index (χ4v) is 3.45. The van der Waals surface area contributed by atoms with Gasteiger partial charge < -0.3 is 5.32 Å². The van der Waals surface area contributed by atoms with Crippen molar-refractivity contribution in [2.75, 3.05) is 5.32 Å². The molecule has 4 rings (SSSR count). The quantitative estimate of drug-likeness (QED) is 0.565. The molecule has 4 aromatic rings. The van der Waals surface area contributed by atoms with Crippen LogP contribution >= 0.6 is 11.3 Å². The van der Waals surface area contributed by atoms with E-state index < -0.39 is 0 Å². The molecule has 0 unspecified atom stereocenters. The number of thiazole rings is 1. The summed E-state index contributed by atoms with van der Waals surface area (Å²) in [5.41, 5.74) is 3.09. The van der Waals surface area contributed by atoms with Crippen molar-refractivity contribution in [2.24, 2.45) is 0 Å². The van der Waals surface area contributed by atoms with Crippen LogP contribution < -0.4 is 10.6 Å². The van der Waals surface area contributed by atoms with E-state index in [2.05, 4.69) is 20.7 Å². The van der Waals surface area contributed by atoms with E-state index in [1.807, 2.05) is 65.5 Å². The fraction of sp³-hybridized carbons (Fsp3) is 0.105. The number of aromatic nitrogens is 3. The maximum absolute atomic E-state index is 12.1. The van der Waals surface area contributed by atoms with Crippen molar-refractivity contribution in [3.05, 3.63) is 78.1 Å². The summed E-state index contributed by atoms with van der Waals surface area (Å²) >= 11 is 1.46. The summed E-state index contributed by atoms with van der Waals surface area (Å²) in [7, 11) is 0. The molecule has 2 aromatic heterocycles. The van der Waals surface area contributed by atoms with E-state index >= 15 is 0 Å². The molecule has 0 radical (unpaired) electrons. The van der Waals surface area contributed by atoms with E-state index in [9.17, 15) is 4.79 Å². The lowest BCUT2D eigenvalue weighted by Crippen LogP contribution is -2.28. The van der Waals surface area contributed by atoms with Crippen LogP contribution in [0.1, 0.15) is 11.1 Å². The summed E-state index contributed by atoms with van der Waals surface area (Å²) in [6, 6.07) is 17.6. The SMILES string of the molecule is O=C(NCc1ccc(Cn2cccn2)cc1)Nc1nc2ccccc2s1. The maximum atomic E-state index is 12.1. The molecule has 0 fully saturated rings.